The minimum absolute atomic E-state index is 0.143. The summed E-state index contributed by atoms with van der Waals surface area (Å²) in [5.41, 5.74) is 3.79. The average molecular weight is 349 g/mol. The molecule has 0 amide bonds. The maximum Gasteiger partial charge on any atom is 0.193 e. The summed E-state index contributed by atoms with van der Waals surface area (Å²) < 4.78 is 6.64. The molecule has 0 spiro atoms. The van der Waals surface area contributed by atoms with E-state index in [1.54, 1.807) is 0 Å². The molecule has 3 heteroatoms. The molecule has 2 rings (SSSR count). The van der Waals surface area contributed by atoms with E-state index < -0.39 is 8.32 Å². The van der Waals surface area contributed by atoms with Crippen molar-refractivity contribution in [2.45, 2.75) is 91.5 Å². The second-order valence-electron chi connectivity index (χ2n) is 8.37. The van der Waals surface area contributed by atoms with Crippen LogP contribution in [0.2, 0.25) is 18.1 Å². The lowest BCUT2D eigenvalue weighted by Gasteiger charge is -2.47. The monoisotopic (exact) mass is 348 g/mol. The van der Waals surface area contributed by atoms with Gasteiger partial charge in [0.25, 0.3) is 0 Å². The van der Waals surface area contributed by atoms with Crippen molar-refractivity contribution >= 4 is 14.1 Å². The van der Waals surface area contributed by atoms with Crippen molar-refractivity contribution in [3.63, 3.8) is 0 Å². The zero-order chi connectivity index (χ0) is 18.1. The Labute approximate surface area is 149 Å². The van der Waals surface area contributed by atoms with Crippen LogP contribution in [0.4, 0.5) is 0 Å². The van der Waals surface area contributed by atoms with Gasteiger partial charge in [-0.05, 0) is 74.6 Å². The Balaban J connectivity index is 2.30. The molecule has 3 atom stereocenters. The van der Waals surface area contributed by atoms with Crippen LogP contribution < -0.4 is 0 Å². The van der Waals surface area contributed by atoms with Gasteiger partial charge >= 0.3 is 0 Å². The molecule has 0 bridgehead atoms. The van der Waals surface area contributed by atoms with Crippen molar-refractivity contribution in [1.29, 1.82) is 0 Å². The number of carbonyl (C=O) groups excluding carboxylic acids is 1. The highest BCUT2D eigenvalue weighted by atomic mass is 28.4. The summed E-state index contributed by atoms with van der Waals surface area (Å²) in [6.45, 7) is 17.4. The quantitative estimate of drug-likeness (QED) is 0.431. The fraction of sp³-hybridized carbons (Fsp3) is 0.762. The van der Waals surface area contributed by atoms with Crippen LogP contribution in [0.3, 0.4) is 0 Å². The molecule has 2 aliphatic carbocycles. The molecular formula is C21H36O2Si. The highest BCUT2D eigenvalue weighted by Gasteiger charge is 2.47. The Morgan fingerprint density at radius 2 is 1.88 bits per heavy atom. The first kappa shape index (κ1) is 19.6. The van der Waals surface area contributed by atoms with Gasteiger partial charge in [0.1, 0.15) is 6.10 Å². The van der Waals surface area contributed by atoms with Crippen LogP contribution >= 0.6 is 0 Å². The SMILES string of the molecule is C=C(C)C1CCC2(C)CC(O[Si](CC)(CC)CC)C(=O)C(C)=C2C1. The van der Waals surface area contributed by atoms with Crippen molar-refractivity contribution in [3.8, 4) is 0 Å². The van der Waals surface area contributed by atoms with E-state index in [2.05, 4.69) is 41.2 Å². The molecule has 0 radical (unpaired) electrons. The van der Waals surface area contributed by atoms with Crippen molar-refractivity contribution in [2.75, 3.05) is 0 Å². The van der Waals surface area contributed by atoms with Gasteiger partial charge in [-0.3, -0.25) is 4.79 Å². The average Bonchev–Trinajstić information content (AvgIpc) is 2.56. The van der Waals surface area contributed by atoms with Gasteiger partial charge in [-0.15, -0.1) is 0 Å². The summed E-state index contributed by atoms with van der Waals surface area (Å²) in [4.78, 5) is 13.0. The molecule has 0 saturated heterocycles. The minimum Gasteiger partial charge on any atom is -0.407 e. The van der Waals surface area contributed by atoms with E-state index in [4.69, 9.17) is 4.43 Å². The maximum atomic E-state index is 13.0. The van der Waals surface area contributed by atoms with Gasteiger partial charge in [0.15, 0.2) is 14.1 Å². The maximum absolute atomic E-state index is 13.0. The summed E-state index contributed by atoms with van der Waals surface area (Å²) in [6.07, 6.45) is 4.06. The van der Waals surface area contributed by atoms with Crippen molar-refractivity contribution in [3.05, 3.63) is 23.3 Å². The van der Waals surface area contributed by atoms with Crippen LogP contribution in [0.25, 0.3) is 0 Å². The largest absolute Gasteiger partial charge is 0.407 e. The van der Waals surface area contributed by atoms with Crippen LogP contribution in [0.15, 0.2) is 23.3 Å². The molecule has 0 aromatic carbocycles. The molecule has 24 heavy (non-hydrogen) atoms. The highest BCUT2D eigenvalue weighted by Crippen LogP contribution is 2.52. The van der Waals surface area contributed by atoms with E-state index in [0.29, 0.717) is 5.92 Å². The smallest absolute Gasteiger partial charge is 0.193 e. The topological polar surface area (TPSA) is 26.3 Å². The number of fused-ring (bicyclic) bond motifs is 1. The Morgan fingerprint density at radius 1 is 1.29 bits per heavy atom. The number of hydrogen-bond donors (Lipinski definition) is 0. The molecule has 1 fully saturated rings. The predicted molar refractivity (Wildman–Crippen MR) is 105 cm³/mol. The molecule has 0 N–H and O–H groups in total. The molecular weight excluding hydrogens is 312 g/mol. The first-order valence-corrected chi connectivity index (χ1v) is 12.3. The summed E-state index contributed by atoms with van der Waals surface area (Å²) in [5.74, 6) is 0.806. The number of carbonyl (C=O) groups is 1. The van der Waals surface area contributed by atoms with E-state index in [0.717, 1.165) is 43.0 Å². The molecule has 0 aromatic heterocycles. The Kier molecular flexibility index (Phi) is 5.97. The van der Waals surface area contributed by atoms with Gasteiger partial charge in [0.2, 0.25) is 0 Å². The number of ketones is 1. The molecule has 2 aliphatic rings. The van der Waals surface area contributed by atoms with Gasteiger partial charge < -0.3 is 4.43 Å². The van der Waals surface area contributed by atoms with Gasteiger partial charge in [0.05, 0.1) is 0 Å². The molecule has 2 nitrogen and oxygen atoms in total. The molecule has 0 heterocycles. The minimum atomic E-state index is -1.75. The predicted octanol–water partition coefficient (Wildman–Crippen LogP) is 6.05. The second-order valence-corrected chi connectivity index (χ2v) is 13.1. The summed E-state index contributed by atoms with van der Waals surface area (Å²) >= 11 is 0. The number of Topliss-reactive ketones (excluding diaryl/α,β-unsaturated/α-hetero) is 1. The lowest BCUT2D eigenvalue weighted by molar-refractivity contribution is -0.125. The summed E-state index contributed by atoms with van der Waals surface area (Å²) in [5, 5.41) is 0. The number of allylic oxidation sites excluding steroid dienone is 2. The third-order valence-electron chi connectivity index (χ3n) is 7.00. The molecule has 0 aliphatic heterocycles. The van der Waals surface area contributed by atoms with Crippen molar-refractivity contribution < 1.29 is 9.22 Å². The van der Waals surface area contributed by atoms with Crippen LogP contribution in [0.1, 0.15) is 67.2 Å². The van der Waals surface area contributed by atoms with Crippen molar-refractivity contribution in [1.82, 2.24) is 0 Å². The first-order chi connectivity index (χ1) is 11.2. The third-order valence-corrected chi connectivity index (χ3v) is 11.6. The van der Waals surface area contributed by atoms with E-state index in [9.17, 15) is 4.79 Å². The van der Waals surface area contributed by atoms with E-state index in [-0.39, 0.29) is 17.3 Å². The fourth-order valence-electron chi connectivity index (χ4n) is 4.78. The Bertz CT molecular complexity index is 536. The van der Waals surface area contributed by atoms with Gasteiger partial charge in [-0.25, -0.2) is 0 Å². The third kappa shape index (κ3) is 3.48. The van der Waals surface area contributed by atoms with E-state index in [1.165, 1.54) is 17.6 Å². The highest BCUT2D eigenvalue weighted by molar-refractivity contribution is 6.73. The van der Waals surface area contributed by atoms with Crippen LogP contribution in [-0.2, 0) is 9.22 Å². The lowest BCUT2D eigenvalue weighted by Crippen LogP contribution is -2.48. The lowest BCUT2D eigenvalue weighted by atomic mass is 9.60. The summed E-state index contributed by atoms with van der Waals surface area (Å²) in [7, 11) is -1.75. The van der Waals surface area contributed by atoms with E-state index in [1.807, 2.05) is 6.92 Å². The number of hydrogen-bond acceptors (Lipinski definition) is 2. The zero-order valence-corrected chi connectivity index (χ0v) is 17.6. The standard InChI is InChI=1S/C21H36O2Si/c1-8-24(9-2,10-3)23-19-14-21(7)12-11-17(15(4)5)13-18(21)16(6)20(19)22/h17,19H,4,8-14H2,1-3,5-7H3. The molecule has 1 saturated carbocycles. The Morgan fingerprint density at radius 3 is 2.38 bits per heavy atom. The van der Waals surface area contributed by atoms with Gasteiger partial charge in [-0.2, -0.15) is 0 Å². The Hall–Kier alpha value is -0.673. The normalized spacial score (nSPS) is 31.2. The van der Waals surface area contributed by atoms with Crippen LogP contribution in [0.5, 0.6) is 0 Å². The summed E-state index contributed by atoms with van der Waals surface area (Å²) in [6, 6.07) is 3.32. The molecule has 136 valence electrons. The molecule has 3 unspecified atom stereocenters. The number of rotatable bonds is 6. The van der Waals surface area contributed by atoms with Crippen LogP contribution in [-0.4, -0.2) is 20.2 Å². The van der Waals surface area contributed by atoms with Crippen molar-refractivity contribution in [2.24, 2.45) is 11.3 Å². The van der Waals surface area contributed by atoms with E-state index >= 15 is 0 Å². The van der Waals surface area contributed by atoms with Gasteiger partial charge in [0, 0.05) is 0 Å². The second kappa shape index (κ2) is 7.29. The van der Waals surface area contributed by atoms with Crippen LogP contribution in [0, 0.1) is 11.3 Å². The fourth-order valence-corrected chi connectivity index (χ4v) is 7.57. The van der Waals surface area contributed by atoms with Gasteiger partial charge in [-0.1, -0.05) is 45.4 Å². The zero-order valence-electron chi connectivity index (χ0n) is 16.6. The molecule has 0 aromatic rings. The first-order valence-electron chi connectivity index (χ1n) is 9.79.